The molecular formula is C9H5ClFNO2. The second-order valence-electron chi connectivity index (χ2n) is 2.80. The van der Waals surface area contributed by atoms with Gasteiger partial charge in [0.1, 0.15) is 5.15 Å². The third kappa shape index (κ3) is 1.24. The Kier molecular flexibility index (Phi) is 1.93. The zero-order valence-electron chi connectivity index (χ0n) is 6.87. The van der Waals surface area contributed by atoms with Crippen LogP contribution in [0.4, 0.5) is 4.39 Å². The number of pyridine rings is 1. The van der Waals surface area contributed by atoms with Gasteiger partial charge in [0, 0.05) is 11.7 Å². The van der Waals surface area contributed by atoms with Gasteiger partial charge < -0.3 is 9.51 Å². The number of nitrogens with zero attached hydrogens (tertiary/aromatic N) is 1. The van der Waals surface area contributed by atoms with E-state index in [0.717, 1.165) is 0 Å². The number of carboxylic acid groups (broad SMARTS) is 1. The zero-order chi connectivity index (χ0) is 10.3. The molecule has 5 heteroatoms. The summed E-state index contributed by atoms with van der Waals surface area (Å²) < 4.78 is 14.3. The molecular weight excluding hydrogens is 209 g/mol. The quantitative estimate of drug-likeness (QED) is 0.740. The first-order valence-electron chi connectivity index (χ1n) is 3.79. The van der Waals surface area contributed by atoms with Crippen LogP contribution in [0.25, 0.3) is 5.52 Å². The van der Waals surface area contributed by atoms with E-state index in [1.165, 1.54) is 28.8 Å². The Morgan fingerprint density at radius 1 is 1.50 bits per heavy atom. The lowest BCUT2D eigenvalue weighted by molar-refractivity contribution is 0.0697. The van der Waals surface area contributed by atoms with Crippen molar-refractivity contribution in [3.05, 3.63) is 40.9 Å². The van der Waals surface area contributed by atoms with E-state index in [-0.39, 0.29) is 10.7 Å². The highest BCUT2D eigenvalue weighted by molar-refractivity contribution is 6.30. The predicted octanol–water partition coefficient (Wildman–Crippen LogP) is 2.43. The molecule has 2 aromatic rings. The molecule has 0 atom stereocenters. The van der Waals surface area contributed by atoms with E-state index in [2.05, 4.69) is 0 Å². The van der Waals surface area contributed by atoms with Crippen LogP contribution in [-0.2, 0) is 0 Å². The normalized spacial score (nSPS) is 10.7. The molecule has 0 aliphatic rings. The van der Waals surface area contributed by atoms with Crippen LogP contribution >= 0.6 is 11.6 Å². The molecule has 0 radical (unpaired) electrons. The minimum absolute atomic E-state index is 0.0810. The van der Waals surface area contributed by atoms with Crippen molar-refractivity contribution in [2.45, 2.75) is 0 Å². The van der Waals surface area contributed by atoms with Crippen LogP contribution in [0.2, 0.25) is 5.15 Å². The van der Waals surface area contributed by atoms with E-state index in [1.54, 1.807) is 0 Å². The minimum atomic E-state index is -1.06. The molecule has 0 fully saturated rings. The number of carboxylic acids is 1. The van der Waals surface area contributed by atoms with Gasteiger partial charge in [0.05, 0.1) is 5.56 Å². The summed E-state index contributed by atoms with van der Waals surface area (Å²) in [5.41, 5.74) is 0.631. The molecule has 0 aliphatic heterocycles. The van der Waals surface area contributed by atoms with Gasteiger partial charge in [-0.2, -0.15) is 0 Å². The van der Waals surface area contributed by atoms with Crippen LogP contribution in [0, 0.1) is 5.82 Å². The molecule has 0 unspecified atom stereocenters. The van der Waals surface area contributed by atoms with Crippen LogP contribution in [0.15, 0.2) is 24.4 Å². The molecule has 72 valence electrons. The van der Waals surface area contributed by atoms with Gasteiger partial charge in [0.2, 0.25) is 0 Å². The molecule has 0 saturated carbocycles. The van der Waals surface area contributed by atoms with Crippen molar-refractivity contribution in [3.63, 3.8) is 0 Å². The van der Waals surface area contributed by atoms with Crippen molar-refractivity contribution >= 4 is 23.1 Å². The van der Waals surface area contributed by atoms with Crippen molar-refractivity contribution in [1.82, 2.24) is 4.40 Å². The molecule has 2 aromatic heterocycles. The summed E-state index contributed by atoms with van der Waals surface area (Å²) in [5.74, 6) is -1.64. The average molecular weight is 214 g/mol. The number of carbonyl (C=O) groups is 1. The maximum atomic E-state index is 13.0. The fraction of sp³-hybridized carbons (Fsp3) is 0. The molecule has 3 nitrogen and oxygen atoms in total. The third-order valence-electron chi connectivity index (χ3n) is 1.91. The molecule has 0 saturated heterocycles. The van der Waals surface area contributed by atoms with E-state index < -0.39 is 11.8 Å². The maximum absolute atomic E-state index is 13.0. The first kappa shape index (κ1) is 9.02. The highest BCUT2D eigenvalue weighted by Crippen LogP contribution is 2.19. The Hall–Kier alpha value is -1.55. The summed E-state index contributed by atoms with van der Waals surface area (Å²) >= 11 is 5.64. The van der Waals surface area contributed by atoms with Crippen molar-refractivity contribution in [3.8, 4) is 0 Å². The highest BCUT2D eigenvalue weighted by Gasteiger charge is 2.10. The van der Waals surface area contributed by atoms with Gasteiger partial charge in [-0.3, -0.25) is 0 Å². The number of aromatic nitrogens is 1. The van der Waals surface area contributed by atoms with Crippen LogP contribution in [0.3, 0.4) is 0 Å². The van der Waals surface area contributed by atoms with E-state index in [1.807, 2.05) is 0 Å². The Morgan fingerprint density at radius 3 is 2.86 bits per heavy atom. The zero-order valence-corrected chi connectivity index (χ0v) is 7.62. The SMILES string of the molecule is O=C(O)c1cc2ccc(F)c(Cl)n2c1. The summed E-state index contributed by atoms with van der Waals surface area (Å²) in [6, 6.07) is 4.09. The molecule has 0 spiro atoms. The largest absolute Gasteiger partial charge is 0.478 e. The van der Waals surface area contributed by atoms with E-state index >= 15 is 0 Å². The van der Waals surface area contributed by atoms with Gasteiger partial charge in [0.15, 0.2) is 5.82 Å². The second-order valence-corrected chi connectivity index (χ2v) is 3.16. The van der Waals surface area contributed by atoms with Crippen molar-refractivity contribution < 1.29 is 14.3 Å². The molecule has 0 aliphatic carbocycles. The van der Waals surface area contributed by atoms with Crippen molar-refractivity contribution in [1.29, 1.82) is 0 Å². The first-order chi connectivity index (χ1) is 6.59. The smallest absolute Gasteiger partial charge is 0.337 e. The predicted molar refractivity (Wildman–Crippen MR) is 49.3 cm³/mol. The van der Waals surface area contributed by atoms with E-state index in [4.69, 9.17) is 16.7 Å². The molecule has 14 heavy (non-hydrogen) atoms. The monoisotopic (exact) mass is 213 g/mol. The van der Waals surface area contributed by atoms with Crippen molar-refractivity contribution in [2.24, 2.45) is 0 Å². The summed E-state index contributed by atoms with van der Waals surface area (Å²) in [7, 11) is 0. The first-order valence-corrected chi connectivity index (χ1v) is 4.17. The van der Waals surface area contributed by atoms with Crippen LogP contribution in [0.5, 0.6) is 0 Å². The van der Waals surface area contributed by atoms with Gasteiger partial charge >= 0.3 is 5.97 Å². The molecule has 2 heterocycles. The third-order valence-corrected chi connectivity index (χ3v) is 2.27. The number of aromatic carboxylic acids is 1. The lowest BCUT2D eigenvalue weighted by atomic mass is 10.3. The summed E-state index contributed by atoms with van der Waals surface area (Å²) in [6.07, 6.45) is 1.28. The Morgan fingerprint density at radius 2 is 2.21 bits per heavy atom. The molecule has 0 bridgehead atoms. The lowest BCUT2D eigenvalue weighted by Crippen LogP contribution is -1.92. The molecule has 2 rings (SSSR count). The number of rotatable bonds is 1. The van der Waals surface area contributed by atoms with E-state index in [0.29, 0.717) is 5.52 Å². The number of hydrogen-bond acceptors (Lipinski definition) is 1. The second kappa shape index (κ2) is 2.99. The van der Waals surface area contributed by atoms with Gasteiger partial charge in [-0.05, 0) is 18.2 Å². The van der Waals surface area contributed by atoms with Crippen LogP contribution < -0.4 is 0 Å². The summed E-state index contributed by atoms with van der Waals surface area (Å²) in [5, 5.41) is 8.58. The van der Waals surface area contributed by atoms with Gasteiger partial charge in [-0.15, -0.1) is 0 Å². The van der Waals surface area contributed by atoms with Crippen LogP contribution in [0.1, 0.15) is 10.4 Å². The van der Waals surface area contributed by atoms with Gasteiger partial charge in [-0.25, -0.2) is 9.18 Å². The minimum Gasteiger partial charge on any atom is -0.478 e. The molecule has 0 amide bonds. The molecule has 0 aromatic carbocycles. The lowest BCUT2D eigenvalue weighted by Gasteiger charge is -1.98. The Bertz CT molecular complexity index is 521. The number of fused-ring (bicyclic) bond motifs is 1. The van der Waals surface area contributed by atoms with Crippen molar-refractivity contribution in [2.75, 3.05) is 0 Å². The average Bonchev–Trinajstić information content (AvgIpc) is 2.56. The van der Waals surface area contributed by atoms with Crippen LogP contribution in [-0.4, -0.2) is 15.5 Å². The fourth-order valence-corrected chi connectivity index (χ4v) is 1.45. The highest BCUT2D eigenvalue weighted by atomic mass is 35.5. The number of hydrogen-bond donors (Lipinski definition) is 1. The maximum Gasteiger partial charge on any atom is 0.337 e. The summed E-state index contributed by atoms with van der Waals surface area (Å²) in [6.45, 7) is 0. The topological polar surface area (TPSA) is 41.7 Å². The Labute approximate surface area is 83.3 Å². The van der Waals surface area contributed by atoms with E-state index in [9.17, 15) is 9.18 Å². The standard InChI is InChI=1S/C9H5ClFNO2/c10-8-7(11)2-1-6-3-5(9(13)14)4-12(6)8/h1-4H,(H,13,14). The fourth-order valence-electron chi connectivity index (χ4n) is 1.24. The van der Waals surface area contributed by atoms with Gasteiger partial charge in [-0.1, -0.05) is 11.6 Å². The summed E-state index contributed by atoms with van der Waals surface area (Å²) in [4.78, 5) is 10.6. The van der Waals surface area contributed by atoms with Gasteiger partial charge in [0.25, 0.3) is 0 Å². The number of halogens is 2. The molecule has 1 N–H and O–H groups in total. The Balaban J connectivity index is 2.77.